The second kappa shape index (κ2) is 9.51. The first kappa shape index (κ1) is 23.4. The molecule has 0 saturated carbocycles. The van der Waals surface area contributed by atoms with Gasteiger partial charge in [0.25, 0.3) is 0 Å². The van der Waals surface area contributed by atoms with E-state index in [4.69, 9.17) is 18.9 Å². The fourth-order valence-corrected chi connectivity index (χ4v) is 4.49. The molecule has 1 heterocycles. The molecule has 0 unspecified atom stereocenters. The van der Waals surface area contributed by atoms with Gasteiger partial charge in [-0.3, -0.25) is 9.05 Å². The number of methoxy groups -OCH3 is 1. The van der Waals surface area contributed by atoms with Crippen molar-refractivity contribution < 1.29 is 23.5 Å². The average molecular weight is 393 g/mol. The van der Waals surface area contributed by atoms with Gasteiger partial charge in [0.05, 0.1) is 17.8 Å². The maximum absolute atomic E-state index is 13.5. The Kier molecular flexibility index (Phi) is 8.55. The first-order chi connectivity index (χ1) is 11.9. The molecule has 0 atom stereocenters. The third-order valence-corrected chi connectivity index (χ3v) is 5.33. The van der Waals surface area contributed by atoms with E-state index in [9.17, 15) is 4.57 Å². The van der Waals surface area contributed by atoms with Crippen LogP contribution in [0, 0.1) is 0 Å². The number of aliphatic hydroxyl groups excluding tert-OH is 1. The minimum absolute atomic E-state index is 0.0937. The Hall–Kier alpha value is -0.660. The Morgan fingerprint density at radius 1 is 1.04 bits per heavy atom. The number of hydrogen-bond acceptors (Lipinski definition) is 5. The monoisotopic (exact) mass is 393 g/mol. The van der Waals surface area contributed by atoms with Crippen LogP contribution in [-0.4, -0.2) is 78.6 Å². The predicted octanol–water partition coefficient (Wildman–Crippen LogP) is 2.73. The van der Waals surface area contributed by atoms with Crippen molar-refractivity contribution in [3.05, 3.63) is 0 Å². The molecule has 0 radical (unpaired) electrons. The minimum Gasteiger partial charge on any atom is -0.396 e. The highest BCUT2D eigenvalue weighted by atomic mass is 31.2. The molecular formula is C17H36N3O5P. The van der Waals surface area contributed by atoms with Gasteiger partial charge in [-0.25, -0.2) is 4.57 Å². The molecule has 1 saturated heterocycles. The van der Waals surface area contributed by atoms with Gasteiger partial charge in [0.15, 0.2) is 0 Å². The lowest BCUT2D eigenvalue weighted by Crippen LogP contribution is -2.36. The molecule has 1 aliphatic rings. The summed E-state index contributed by atoms with van der Waals surface area (Å²) in [6, 6.07) is 0. The van der Waals surface area contributed by atoms with Crippen molar-refractivity contribution in [2.75, 3.05) is 46.5 Å². The molecule has 0 bridgehead atoms. The zero-order valence-electron chi connectivity index (χ0n) is 17.3. The van der Waals surface area contributed by atoms with E-state index in [0.29, 0.717) is 32.1 Å². The van der Waals surface area contributed by atoms with Crippen molar-refractivity contribution >= 4 is 13.7 Å². The molecule has 0 aromatic carbocycles. The molecule has 0 spiro atoms. The molecule has 9 heteroatoms. The van der Waals surface area contributed by atoms with E-state index >= 15 is 0 Å². The van der Waals surface area contributed by atoms with Crippen LogP contribution in [0.3, 0.4) is 0 Å². The first-order valence-electron chi connectivity index (χ1n) is 9.10. The van der Waals surface area contributed by atoms with Crippen molar-refractivity contribution in [2.24, 2.45) is 4.76 Å². The summed E-state index contributed by atoms with van der Waals surface area (Å²) in [5.41, 5.74) is -1.34. The fraction of sp³-hybridized carbons (Fsp3) is 0.941. The second-order valence-electron chi connectivity index (χ2n) is 8.32. The largest absolute Gasteiger partial charge is 0.458 e. The van der Waals surface area contributed by atoms with Crippen LogP contribution in [-0.2, 0) is 18.3 Å². The second-order valence-corrected chi connectivity index (χ2v) is 9.82. The van der Waals surface area contributed by atoms with Gasteiger partial charge in [0.1, 0.15) is 0 Å². The lowest BCUT2D eigenvalue weighted by molar-refractivity contribution is 0.0493. The molecular weight excluding hydrogens is 357 g/mol. The molecule has 0 aromatic heterocycles. The summed E-state index contributed by atoms with van der Waals surface area (Å²) in [5, 5.41) is 9.15. The topological polar surface area (TPSA) is 83.8 Å². The molecule has 26 heavy (non-hydrogen) atoms. The molecule has 1 N–H and O–H groups in total. The molecule has 154 valence electrons. The Morgan fingerprint density at radius 2 is 1.54 bits per heavy atom. The van der Waals surface area contributed by atoms with Gasteiger partial charge in [-0.2, -0.15) is 0 Å². The van der Waals surface area contributed by atoms with Crippen LogP contribution in [0.2, 0.25) is 0 Å². The lowest BCUT2D eigenvalue weighted by Gasteiger charge is -2.31. The number of guanidine groups is 1. The van der Waals surface area contributed by atoms with Gasteiger partial charge in [-0.15, -0.1) is 4.76 Å². The number of nitrogens with zero attached hydrogens (tertiary/aromatic N) is 3. The Balaban J connectivity index is 3.20. The van der Waals surface area contributed by atoms with Gasteiger partial charge >= 0.3 is 7.75 Å². The normalized spacial score (nSPS) is 18.2. The third-order valence-electron chi connectivity index (χ3n) is 3.35. The van der Waals surface area contributed by atoms with Crippen molar-refractivity contribution in [3.8, 4) is 0 Å². The van der Waals surface area contributed by atoms with E-state index in [2.05, 4.69) is 4.76 Å². The van der Waals surface area contributed by atoms with E-state index in [-0.39, 0.29) is 6.61 Å². The van der Waals surface area contributed by atoms with E-state index < -0.39 is 18.9 Å². The number of rotatable bonds is 9. The fourth-order valence-electron chi connectivity index (χ4n) is 2.52. The molecule has 0 aliphatic carbocycles. The zero-order chi connectivity index (χ0) is 20.0. The molecule has 1 aliphatic heterocycles. The summed E-state index contributed by atoms with van der Waals surface area (Å²) in [6.07, 6.45) is 0.613. The first-order valence-corrected chi connectivity index (χ1v) is 10.6. The average Bonchev–Trinajstić information content (AvgIpc) is 2.80. The van der Waals surface area contributed by atoms with Crippen LogP contribution in [0.4, 0.5) is 0 Å². The maximum Gasteiger partial charge on any atom is 0.458 e. The van der Waals surface area contributed by atoms with Crippen molar-refractivity contribution in [2.45, 2.75) is 59.2 Å². The summed E-state index contributed by atoms with van der Waals surface area (Å²) in [4.78, 5) is 4.03. The molecule has 0 aromatic rings. The SMILES string of the molecule is COCCN1CCN(CCCO)/C1=N/P(=O)(OC(C)(C)C)OC(C)(C)C. The van der Waals surface area contributed by atoms with Gasteiger partial charge in [0, 0.05) is 39.9 Å². The third kappa shape index (κ3) is 8.35. The molecule has 1 rings (SSSR count). The summed E-state index contributed by atoms with van der Waals surface area (Å²) < 4.78 is 34.7. The lowest BCUT2D eigenvalue weighted by atomic mass is 10.2. The minimum atomic E-state index is -3.75. The number of ether oxygens (including phenoxy) is 1. The number of hydrogen-bond donors (Lipinski definition) is 1. The maximum atomic E-state index is 13.5. The highest BCUT2D eigenvalue weighted by Crippen LogP contribution is 2.56. The van der Waals surface area contributed by atoms with Crippen LogP contribution in [0.25, 0.3) is 0 Å². The Bertz CT molecular complexity index is 476. The summed E-state index contributed by atoms with van der Waals surface area (Å²) in [7, 11) is -2.10. The van der Waals surface area contributed by atoms with Gasteiger partial charge in [-0.1, -0.05) is 0 Å². The van der Waals surface area contributed by atoms with Crippen molar-refractivity contribution in [1.82, 2.24) is 9.80 Å². The molecule has 8 nitrogen and oxygen atoms in total. The van der Waals surface area contributed by atoms with Crippen LogP contribution < -0.4 is 0 Å². The predicted molar refractivity (Wildman–Crippen MR) is 103 cm³/mol. The van der Waals surface area contributed by atoms with Crippen LogP contribution >= 0.6 is 7.75 Å². The van der Waals surface area contributed by atoms with Crippen molar-refractivity contribution in [3.63, 3.8) is 0 Å². The van der Waals surface area contributed by atoms with Crippen LogP contribution in [0.1, 0.15) is 48.0 Å². The van der Waals surface area contributed by atoms with Crippen molar-refractivity contribution in [1.29, 1.82) is 0 Å². The van der Waals surface area contributed by atoms with E-state index in [1.54, 1.807) is 7.11 Å². The summed E-state index contributed by atoms with van der Waals surface area (Å²) in [5.74, 6) is 0.576. The molecule has 1 fully saturated rings. The summed E-state index contributed by atoms with van der Waals surface area (Å²) >= 11 is 0. The van der Waals surface area contributed by atoms with Gasteiger partial charge in [0.2, 0.25) is 5.96 Å². The van der Waals surface area contributed by atoms with E-state index in [1.807, 2.05) is 51.3 Å². The number of aliphatic hydroxyl groups is 1. The van der Waals surface area contributed by atoms with Gasteiger partial charge in [-0.05, 0) is 48.0 Å². The highest BCUT2D eigenvalue weighted by molar-refractivity contribution is 7.52. The standard InChI is InChI=1S/C17H36N3O5P/c1-16(2,3)24-26(22,25-17(4,5)6)18-15-19(9-8-13-21)10-11-20(15)12-14-23-7/h21H,8-14H2,1-7H3/b18-15-. The van der Waals surface area contributed by atoms with Gasteiger partial charge < -0.3 is 19.6 Å². The van der Waals surface area contributed by atoms with Crippen LogP contribution in [0.15, 0.2) is 4.76 Å². The Labute approximate surface area is 158 Å². The smallest absolute Gasteiger partial charge is 0.396 e. The Morgan fingerprint density at radius 3 is 1.96 bits per heavy atom. The zero-order valence-corrected chi connectivity index (χ0v) is 18.2. The summed E-state index contributed by atoms with van der Waals surface area (Å²) in [6.45, 7) is 14.3. The van der Waals surface area contributed by atoms with E-state index in [1.165, 1.54) is 0 Å². The van der Waals surface area contributed by atoms with Crippen LogP contribution in [0.5, 0.6) is 0 Å². The van der Waals surface area contributed by atoms with E-state index in [0.717, 1.165) is 13.1 Å². The quantitative estimate of drug-likeness (QED) is 0.603. The highest BCUT2D eigenvalue weighted by Gasteiger charge is 2.38. The molecule has 0 amide bonds.